The van der Waals surface area contributed by atoms with Gasteiger partial charge in [-0.25, -0.2) is 4.98 Å². The monoisotopic (exact) mass is 427 g/mol. The van der Waals surface area contributed by atoms with Crippen LogP contribution in [0, 0.1) is 5.92 Å². The van der Waals surface area contributed by atoms with Crippen LogP contribution in [0.15, 0.2) is 59.3 Å². The summed E-state index contributed by atoms with van der Waals surface area (Å²) in [6.45, 7) is 4.09. The van der Waals surface area contributed by atoms with Crippen molar-refractivity contribution in [2.75, 3.05) is 17.2 Å². The molecule has 0 radical (unpaired) electrons. The number of nitrogens with one attached hydrogen (secondary N) is 2. The number of anilines is 3. The van der Waals surface area contributed by atoms with Crippen molar-refractivity contribution in [2.45, 2.75) is 19.9 Å². The van der Waals surface area contributed by atoms with Gasteiger partial charge in [0.1, 0.15) is 5.82 Å². The summed E-state index contributed by atoms with van der Waals surface area (Å²) >= 11 is 3.54. The molecule has 3 N–H and O–H groups in total. The molecule has 1 atom stereocenters. The molecule has 0 aliphatic heterocycles. The van der Waals surface area contributed by atoms with Crippen molar-refractivity contribution < 1.29 is 5.11 Å². The Morgan fingerprint density at radius 1 is 1.11 bits per heavy atom. The maximum Gasteiger partial charge on any atom is 0.225 e. The molecule has 0 bridgehead atoms. The number of para-hydroxylation sites is 1. The third-order valence-corrected chi connectivity index (χ3v) is 4.83. The molecule has 0 saturated carbocycles. The first-order valence-corrected chi connectivity index (χ1v) is 9.54. The molecule has 3 rings (SSSR count). The van der Waals surface area contributed by atoms with E-state index in [0.717, 1.165) is 21.4 Å². The molecule has 0 fully saturated rings. The molecule has 6 nitrogen and oxygen atoms in total. The molecule has 0 aliphatic rings. The molecule has 7 heteroatoms. The Morgan fingerprint density at radius 2 is 1.93 bits per heavy atom. The average molecular weight is 428 g/mol. The van der Waals surface area contributed by atoms with Gasteiger partial charge in [0, 0.05) is 28.5 Å². The van der Waals surface area contributed by atoms with Gasteiger partial charge in [0.15, 0.2) is 0 Å². The summed E-state index contributed by atoms with van der Waals surface area (Å²) in [6.07, 6.45) is 3.49. The van der Waals surface area contributed by atoms with Crippen LogP contribution in [-0.4, -0.2) is 32.7 Å². The molecular formula is C20H22BrN5O. The normalized spacial score (nSPS) is 12.0. The summed E-state index contributed by atoms with van der Waals surface area (Å²) in [6, 6.07) is 13.4. The molecule has 0 saturated heterocycles. The summed E-state index contributed by atoms with van der Waals surface area (Å²) < 4.78 is 0.941. The van der Waals surface area contributed by atoms with Gasteiger partial charge in [0.05, 0.1) is 24.0 Å². The van der Waals surface area contributed by atoms with Crippen molar-refractivity contribution in [2.24, 2.45) is 5.92 Å². The van der Waals surface area contributed by atoms with Gasteiger partial charge in [0.25, 0.3) is 0 Å². The van der Waals surface area contributed by atoms with Gasteiger partial charge in [-0.05, 0) is 46.1 Å². The van der Waals surface area contributed by atoms with Gasteiger partial charge >= 0.3 is 0 Å². The van der Waals surface area contributed by atoms with E-state index in [2.05, 4.69) is 41.5 Å². The largest absolute Gasteiger partial charge is 0.394 e. The zero-order valence-electron chi connectivity index (χ0n) is 15.2. The van der Waals surface area contributed by atoms with Crippen molar-refractivity contribution in [1.29, 1.82) is 0 Å². The molecule has 27 heavy (non-hydrogen) atoms. The van der Waals surface area contributed by atoms with E-state index in [1.807, 2.05) is 56.3 Å². The van der Waals surface area contributed by atoms with E-state index in [-0.39, 0.29) is 18.6 Å². The molecule has 2 heterocycles. The smallest absolute Gasteiger partial charge is 0.225 e. The summed E-state index contributed by atoms with van der Waals surface area (Å²) in [5.74, 6) is 1.35. The third-order valence-electron chi connectivity index (χ3n) is 4.14. The van der Waals surface area contributed by atoms with Crippen molar-refractivity contribution in [3.63, 3.8) is 0 Å². The lowest BCUT2D eigenvalue weighted by atomic mass is 10.1. The Labute approximate surface area is 167 Å². The number of hydrogen-bond acceptors (Lipinski definition) is 6. The van der Waals surface area contributed by atoms with Crippen LogP contribution in [0.5, 0.6) is 0 Å². The topological polar surface area (TPSA) is 83.0 Å². The second kappa shape index (κ2) is 8.92. The van der Waals surface area contributed by atoms with Crippen LogP contribution in [0.3, 0.4) is 0 Å². The highest BCUT2D eigenvalue weighted by Crippen LogP contribution is 2.27. The number of pyridine rings is 1. The maximum atomic E-state index is 9.64. The van der Waals surface area contributed by atoms with Crippen LogP contribution in [0.4, 0.5) is 17.5 Å². The standard InChI is InChI=1S/C20H22BrN5O/c1-13(2)18(12-27)25-20-24-17(14-6-5-9-22-11-14)10-19(26-20)23-16-8-4-3-7-15(16)21/h3-11,13,18,27H,12H2,1-2H3,(H2,23,24,25,26)/t18-/m0/s1. The van der Waals surface area contributed by atoms with Crippen LogP contribution in [-0.2, 0) is 0 Å². The quantitative estimate of drug-likeness (QED) is 0.515. The Hall–Kier alpha value is -2.51. The molecule has 2 aromatic heterocycles. The van der Waals surface area contributed by atoms with Crippen LogP contribution < -0.4 is 10.6 Å². The molecule has 0 spiro atoms. The minimum Gasteiger partial charge on any atom is -0.394 e. The van der Waals surface area contributed by atoms with Crippen molar-refractivity contribution in [1.82, 2.24) is 15.0 Å². The lowest BCUT2D eigenvalue weighted by molar-refractivity contribution is 0.248. The minimum atomic E-state index is -0.134. The van der Waals surface area contributed by atoms with Gasteiger partial charge < -0.3 is 15.7 Å². The Bertz CT molecular complexity index is 889. The van der Waals surface area contributed by atoms with Crippen LogP contribution in [0.1, 0.15) is 13.8 Å². The highest BCUT2D eigenvalue weighted by Gasteiger charge is 2.15. The van der Waals surface area contributed by atoms with Gasteiger partial charge in [-0.3, -0.25) is 4.98 Å². The fourth-order valence-corrected chi connectivity index (χ4v) is 2.91. The van der Waals surface area contributed by atoms with Gasteiger partial charge in [0.2, 0.25) is 5.95 Å². The first kappa shape index (κ1) is 19.3. The molecule has 140 valence electrons. The average Bonchev–Trinajstić information content (AvgIpc) is 2.68. The minimum absolute atomic E-state index is 0.00510. The van der Waals surface area contributed by atoms with E-state index in [0.29, 0.717) is 11.8 Å². The molecular weight excluding hydrogens is 406 g/mol. The van der Waals surface area contributed by atoms with Crippen molar-refractivity contribution >= 4 is 33.4 Å². The van der Waals surface area contributed by atoms with E-state index in [1.54, 1.807) is 12.4 Å². The second-order valence-electron chi connectivity index (χ2n) is 6.49. The maximum absolute atomic E-state index is 9.64. The molecule has 0 aliphatic carbocycles. The highest BCUT2D eigenvalue weighted by molar-refractivity contribution is 9.10. The van der Waals surface area contributed by atoms with Crippen LogP contribution in [0.25, 0.3) is 11.3 Å². The number of rotatable bonds is 7. The van der Waals surface area contributed by atoms with E-state index >= 15 is 0 Å². The van der Waals surface area contributed by atoms with Gasteiger partial charge in [-0.1, -0.05) is 26.0 Å². The zero-order valence-corrected chi connectivity index (χ0v) is 16.8. The fourth-order valence-electron chi connectivity index (χ4n) is 2.53. The molecule has 0 amide bonds. The zero-order chi connectivity index (χ0) is 19.2. The number of nitrogens with zero attached hydrogens (tertiary/aromatic N) is 3. The number of hydrogen-bond donors (Lipinski definition) is 3. The molecule has 0 unspecified atom stereocenters. The molecule has 3 aromatic rings. The van der Waals surface area contributed by atoms with Crippen molar-refractivity contribution in [3.8, 4) is 11.3 Å². The Kier molecular flexibility index (Phi) is 6.36. The number of aliphatic hydroxyl groups excluding tert-OH is 1. The van der Waals surface area contributed by atoms with Gasteiger partial charge in [-0.2, -0.15) is 4.98 Å². The number of aromatic nitrogens is 3. The number of halogens is 1. The number of aliphatic hydroxyl groups is 1. The molecule has 1 aromatic carbocycles. The summed E-state index contributed by atoms with van der Waals surface area (Å²) in [5.41, 5.74) is 2.54. The fraction of sp³-hybridized carbons (Fsp3) is 0.250. The first-order chi connectivity index (χ1) is 13.1. The lowest BCUT2D eigenvalue weighted by Gasteiger charge is -2.20. The van der Waals surface area contributed by atoms with Crippen LogP contribution >= 0.6 is 15.9 Å². The Balaban J connectivity index is 1.99. The highest BCUT2D eigenvalue weighted by atomic mass is 79.9. The van der Waals surface area contributed by atoms with E-state index < -0.39 is 0 Å². The van der Waals surface area contributed by atoms with Crippen LogP contribution in [0.2, 0.25) is 0 Å². The lowest BCUT2D eigenvalue weighted by Crippen LogP contribution is -2.30. The summed E-state index contributed by atoms with van der Waals surface area (Å²) in [5, 5.41) is 16.2. The van der Waals surface area contributed by atoms with Gasteiger partial charge in [-0.15, -0.1) is 0 Å². The van der Waals surface area contributed by atoms with Crippen molar-refractivity contribution in [3.05, 3.63) is 59.3 Å². The van der Waals surface area contributed by atoms with E-state index in [4.69, 9.17) is 0 Å². The summed E-state index contributed by atoms with van der Waals surface area (Å²) in [4.78, 5) is 13.4. The van der Waals surface area contributed by atoms with E-state index in [9.17, 15) is 5.11 Å². The second-order valence-corrected chi connectivity index (χ2v) is 7.34. The third kappa shape index (κ3) is 5.02. The first-order valence-electron chi connectivity index (χ1n) is 8.75. The Morgan fingerprint density at radius 3 is 2.59 bits per heavy atom. The number of benzene rings is 1. The van der Waals surface area contributed by atoms with E-state index in [1.165, 1.54) is 0 Å². The SMILES string of the molecule is CC(C)[C@H](CO)Nc1nc(Nc2ccccc2Br)cc(-c2cccnc2)n1. The predicted molar refractivity (Wildman–Crippen MR) is 112 cm³/mol. The predicted octanol–water partition coefficient (Wildman–Crippen LogP) is 4.47. The summed E-state index contributed by atoms with van der Waals surface area (Å²) in [7, 11) is 0.